The van der Waals surface area contributed by atoms with E-state index in [1.54, 1.807) is 0 Å². The Kier molecular flexibility index (Phi) is 2.90. The lowest BCUT2D eigenvalue weighted by Gasteiger charge is -2.25. The molecule has 1 fully saturated rings. The summed E-state index contributed by atoms with van der Waals surface area (Å²) >= 11 is 0. The molecule has 0 aromatic carbocycles. The summed E-state index contributed by atoms with van der Waals surface area (Å²) in [5, 5.41) is 4.73. The van der Waals surface area contributed by atoms with Crippen LogP contribution in [0.3, 0.4) is 0 Å². The third-order valence-electron chi connectivity index (χ3n) is 2.46. The molecular formula is C8H15NO2S. The zero-order valence-corrected chi connectivity index (χ0v) is 7.89. The number of rotatable bonds is 2. The van der Waals surface area contributed by atoms with Gasteiger partial charge in [-0.05, 0) is 25.2 Å². The van der Waals surface area contributed by atoms with E-state index in [0.29, 0.717) is 18.8 Å². The van der Waals surface area contributed by atoms with Crippen LogP contribution in [0.1, 0.15) is 25.7 Å². The van der Waals surface area contributed by atoms with Gasteiger partial charge in [0, 0.05) is 0 Å². The Balaban J connectivity index is 2.64. The summed E-state index contributed by atoms with van der Waals surface area (Å²) in [6, 6.07) is 0. The fourth-order valence-electron chi connectivity index (χ4n) is 1.69. The highest BCUT2D eigenvalue weighted by Gasteiger charge is 2.27. The van der Waals surface area contributed by atoms with E-state index < -0.39 is 10.0 Å². The van der Waals surface area contributed by atoms with Gasteiger partial charge in [-0.2, -0.15) is 0 Å². The van der Waals surface area contributed by atoms with Crippen LogP contribution >= 0.6 is 0 Å². The van der Waals surface area contributed by atoms with Crippen molar-refractivity contribution in [1.29, 1.82) is 0 Å². The normalized spacial score (nSPS) is 31.4. The smallest absolute Gasteiger partial charge is 0.211 e. The standard InChI is InChI=1S/C8H15NO2S/c1-2-7-4-3-5-8(6-7)12(9,10)11/h2,7-8H,1,3-6H2,(H2,9,10,11)/t7-,8-/m1/s1. The maximum Gasteiger partial charge on any atom is 0.211 e. The third-order valence-corrected chi connectivity index (χ3v) is 3.82. The van der Waals surface area contributed by atoms with E-state index in [-0.39, 0.29) is 5.25 Å². The summed E-state index contributed by atoms with van der Waals surface area (Å²) in [6.45, 7) is 3.67. The average Bonchev–Trinajstić information content (AvgIpc) is 2.03. The van der Waals surface area contributed by atoms with E-state index in [0.717, 1.165) is 12.8 Å². The molecule has 1 aliphatic carbocycles. The van der Waals surface area contributed by atoms with Crippen molar-refractivity contribution in [3.05, 3.63) is 12.7 Å². The van der Waals surface area contributed by atoms with Gasteiger partial charge in [-0.3, -0.25) is 0 Å². The molecule has 1 aliphatic rings. The Hall–Kier alpha value is -0.350. The van der Waals surface area contributed by atoms with Gasteiger partial charge < -0.3 is 0 Å². The molecule has 0 aliphatic heterocycles. The van der Waals surface area contributed by atoms with Gasteiger partial charge >= 0.3 is 0 Å². The maximum absolute atomic E-state index is 11.0. The van der Waals surface area contributed by atoms with Crippen molar-refractivity contribution in [3.8, 4) is 0 Å². The second kappa shape index (κ2) is 3.58. The van der Waals surface area contributed by atoms with Crippen molar-refractivity contribution < 1.29 is 8.42 Å². The lowest BCUT2D eigenvalue weighted by molar-refractivity contribution is 0.414. The number of hydrogen-bond acceptors (Lipinski definition) is 2. The summed E-state index contributed by atoms with van der Waals surface area (Å²) < 4.78 is 22.0. The molecule has 0 radical (unpaired) electrons. The molecule has 1 saturated carbocycles. The predicted molar refractivity (Wildman–Crippen MR) is 49.1 cm³/mol. The minimum Gasteiger partial charge on any atom is -0.228 e. The first-order valence-electron chi connectivity index (χ1n) is 4.18. The molecule has 0 saturated heterocycles. The van der Waals surface area contributed by atoms with Gasteiger partial charge in [0.15, 0.2) is 0 Å². The van der Waals surface area contributed by atoms with Crippen molar-refractivity contribution in [3.63, 3.8) is 0 Å². The van der Waals surface area contributed by atoms with Crippen molar-refractivity contribution in [1.82, 2.24) is 0 Å². The second-order valence-electron chi connectivity index (χ2n) is 3.37. The number of nitrogens with two attached hydrogens (primary N) is 1. The van der Waals surface area contributed by atoms with E-state index in [2.05, 4.69) is 6.58 Å². The molecule has 12 heavy (non-hydrogen) atoms. The van der Waals surface area contributed by atoms with E-state index in [1.807, 2.05) is 6.08 Å². The number of allylic oxidation sites excluding steroid dienone is 1. The molecular weight excluding hydrogens is 174 g/mol. The zero-order chi connectivity index (χ0) is 9.19. The summed E-state index contributed by atoms with van der Waals surface area (Å²) in [4.78, 5) is 0. The number of hydrogen-bond donors (Lipinski definition) is 1. The molecule has 2 N–H and O–H groups in total. The molecule has 0 bridgehead atoms. The van der Waals surface area contributed by atoms with Gasteiger partial charge in [-0.1, -0.05) is 12.5 Å². The molecule has 0 aromatic heterocycles. The lowest BCUT2D eigenvalue weighted by atomic mass is 9.89. The predicted octanol–water partition coefficient (Wildman–Crippen LogP) is 1.02. The highest BCUT2D eigenvalue weighted by atomic mass is 32.2. The van der Waals surface area contributed by atoms with Crippen LogP contribution in [-0.4, -0.2) is 13.7 Å². The topological polar surface area (TPSA) is 60.2 Å². The van der Waals surface area contributed by atoms with Gasteiger partial charge in [-0.15, -0.1) is 6.58 Å². The van der Waals surface area contributed by atoms with Gasteiger partial charge in [-0.25, -0.2) is 13.6 Å². The molecule has 70 valence electrons. The molecule has 0 amide bonds. The minimum absolute atomic E-state index is 0.335. The van der Waals surface area contributed by atoms with E-state index in [9.17, 15) is 8.42 Å². The van der Waals surface area contributed by atoms with Crippen LogP contribution in [0.4, 0.5) is 0 Å². The molecule has 1 rings (SSSR count). The van der Waals surface area contributed by atoms with E-state index in [1.165, 1.54) is 0 Å². The van der Waals surface area contributed by atoms with Crippen LogP contribution < -0.4 is 5.14 Å². The Morgan fingerprint density at radius 3 is 2.58 bits per heavy atom. The zero-order valence-electron chi connectivity index (χ0n) is 7.07. The summed E-state index contributed by atoms with van der Waals surface area (Å²) in [6.07, 6.45) is 5.19. The summed E-state index contributed by atoms with van der Waals surface area (Å²) in [7, 11) is -3.32. The van der Waals surface area contributed by atoms with Crippen LogP contribution in [0.15, 0.2) is 12.7 Å². The number of primary sulfonamides is 1. The quantitative estimate of drug-likeness (QED) is 0.659. The molecule has 2 atom stereocenters. The minimum atomic E-state index is -3.32. The first-order chi connectivity index (χ1) is 5.54. The third kappa shape index (κ3) is 2.32. The SMILES string of the molecule is C=C[C@@H]1CCC[C@@H](S(N)(=O)=O)C1. The van der Waals surface area contributed by atoms with Crippen LogP contribution in [-0.2, 0) is 10.0 Å². The van der Waals surface area contributed by atoms with Gasteiger partial charge in [0.2, 0.25) is 10.0 Å². The van der Waals surface area contributed by atoms with Crippen molar-refractivity contribution in [2.75, 3.05) is 0 Å². The fourth-order valence-corrected chi connectivity index (χ4v) is 2.70. The van der Waals surface area contributed by atoms with Gasteiger partial charge in [0.25, 0.3) is 0 Å². The second-order valence-corrected chi connectivity index (χ2v) is 5.22. The first kappa shape index (κ1) is 9.74. The van der Waals surface area contributed by atoms with Crippen molar-refractivity contribution >= 4 is 10.0 Å². The van der Waals surface area contributed by atoms with Crippen LogP contribution in [0, 0.1) is 5.92 Å². The molecule has 0 unspecified atom stereocenters. The highest BCUT2D eigenvalue weighted by Crippen LogP contribution is 2.27. The van der Waals surface area contributed by atoms with E-state index >= 15 is 0 Å². The fraction of sp³-hybridized carbons (Fsp3) is 0.750. The largest absolute Gasteiger partial charge is 0.228 e. The Morgan fingerprint density at radius 1 is 1.42 bits per heavy atom. The summed E-state index contributed by atoms with van der Waals surface area (Å²) in [5.74, 6) is 0.335. The van der Waals surface area contributed by atoms with Gasteiger partial charge in [0.1, 0.15) is 0 Å². The molecule has 4 heteroatoms. The molecule has 0 spiro atoms. The van der Waals surface area contributed by atoms with Crippen LogP contribution in [0.25, 0.3) is 0 Å². The number of sulfonamides is 1. The van der Waals surface area contributed by atoms with Crippen molar-refractivity contribution in [2.45, 2.75) is 30.9 Å². The van der Waals surface area contributed by atoms with Crippen LogP contribution in [0.5, 0.6) is 0 Å². The monoisotopic (exact) mass is 189 g/mol. The van der Waals surface area contributed by atoms with Gasteiger partial charge in [0.05, 0.1) is 5.25 Å². The molecule has 3 nitrogen and oxygen atoms in total. The Morgan fingerprint density at radius 2 is 2.08 bits per heavy atom. The molecule has 0 heterocycles. The summed E-state index contributed by atoms with van der Waals surface area (Å²) in [5.41, 5.74) is 0. The van der Waals surface area contributed by atoms with Crippen LogP contribution in [0.2, 0.25) is 0 Å². The lowest BCUT2D eigenvalue weighted by Crippen LogP contribution is -2.32. The molecule has 0 aromatic rings. The highest BCUT2D eigenvalue weighted by molar-refractivity contribution is 7.89. The first-order valence-corrected chi connectivity index (χ1v) is 5.79. The average molecular weight is 189 g/mol. The van der Waals surface area contributed by atoms with Crippen molar-refractivity contribution in [2.24, 2.45) is 11.1 Å². The maximum atomic E-state index is 11.0. The Labute approximate surface area is 73.7 Å². The van der Waals surface area contributed by atoms with E-state index in [4.69, 9.17) is 5.14 Å². The Bertz CT molecular complexity index is 258.